The highest BCUT2D eigenvalue weighted by Gasteiger charge is 2.37. The highest BCUT2D eigenvalue weighted by atomic mass is 16.2. The minimum Gasteiger partial charge on any atom is -0.348 e. The van der Waals surface area contributed by atoms with Gasteiger partial charge in [0.15, 0.2) is 0 Å². The second kappa shape index (κ2) is 5.01. The van der Waals surface area contributed by atoms with E-state index in [1.54, 1.807) is 14.1 Å². The van der Waals surface area contributed by atoms with E-state index in [1.807, 2.05) is 44.2 Å². The number of amides is 1. The molecule has 1 atom stereocenters. The average Bonchev–Trinajstić information content (AvgIpc) is 2.30. The van der Waals surface area contributed by atoms with E-state index in [9.17, 15) is 10.1 Å². The molecule has 90 valence electrons. The van der Waals surface area contributed by atoms with Gasteiger partial charge in [-0.3, -0.25) is 4.79 Å². The Hall–Kier alpha value is -1.82. The van der Waals surface area contributed by atoms with Crippen molar-refractivity contribution in [3.05, 3.63) is 35.9 Å². The summed E-state index contributed by atoms with van der Waals surface area (Å²) in [5.74, 6) is -0.818. The van der Waals surface area contributed by atoms with Crippen LogP contribution in [0.15, 0.2) is 30.3 Å². The third kappa shape index (κ3) is 2.65. The van der Waals surface area contributed by atoms with Crippen LogP contribution < -0.4 is 0 Å². The molecule has 0 fully saturated rings. The van der Waals surface area contributed by atoms with Crippen LogP contribution in [0.4, 0.5) is 0 Å². The maximum Gasteiger partial charge on any atom is 0.240 e. The number of benzene rings is 1. The van der Waals surface area contributed by atoms with Gasteiger partial charge in [-0.25, -0.2) is 0 Å². The lowest BCUT2D eigenvalue weighted by atomic mass is 9.73. The zero-order valence-electron chi connectivity index (χ0n) is 10.8. The molecular formula is C14H18N2O. The lowest BCUT2D eigenvalue weighted by molar-refractivity contribution is -0.132. The summed E-state index contributed by atoms with van der Waals surface area (Å²) in [4.78, 5) is 13.5. The van der Waals surface area contributed by atoms with E-state index in [0.717, 1.165) is 5.56 Å². The standard InChI is InChI=1S/C14H18N2O/c1-14(2,11-8-6-5-7-9-11)12(10-15)13(17)16(3)4/h5-9,12H,1-4H3. The van der Waals surface area contributed by atoms with Crippen LogP contribution in [0.3, 0.4) is 0 Å². The summed E-state index contributed by atoms with van der Waals surface area (Å²) in [7, 11) is 3.35. The van der Waals surface area contributed by atoms with Crippen molar-refractivity contribution in [1.82, 2.24) is 4.90 Å². The van der Waals surface area contributed by atoms with Crippen LogP contribution in [-0.4, -0.2) is 24.9 Å². The smallest absolute Gasteiger partial charge is 0.240 e. The quantitative estimate of drug-likeness (QED) is 0.799. The fourth-order valence-electron chi connectivity index (χ4n) is 1.82. The zero-order valence-corrected chi connectivity index (χ0v) is 10.8. The van der Waals surface area contributed by atoms with Gasteiger partial charge in [-0.1, -0.05) is 44.2 Å². The number of hydrogen-bond acceptors (Lipinski definition) is 2. The number of carbonyl (C=O) groups excluding carboxylic acids is 1. The monoisotopic (exact) mass is 230 g/mol. The number of rotatable bonds is 3. The number of carbonyl (C=O) groups is 1. The second-order valence-corrected chi connectivity index (χ2v) is 4.88. The Bertz CT molecular complexity index is 429. The molecule has 1 aromatic rings. The molecule has 1 aromatic carbocycles. The summed E-state index contributed by atoms with van der Waals surface area (Å²) >= 11 is 0. The van der Waals surface area contributed by atoms with E-state index >= 15 is 0 Å². The molecule has 0 spiro atoms. The van der Waals surface area contributed by atoms with Gasteiger partial charge in [0.1, 0.15) is 5.92 Å². The molecule has 0 bridgehead atoms. The fraction of sp³-hybridized carbons (Fsp3) is 0.429. The first-order valence-corrected chi connectivity index (χ1v) is 5.57. The minimum atomic E-state index is -0.667. The highest BCUT2D eigenvalue weighted by molar-refractivity contribution is 5.82. The minimum absolute atomic E-state index is 0.152. The van der Waals surface area contributed by atoms with Crippen LogP contribution in [0, 0.1) is 17.2 Å². The zero-order chi connectivity index (χ0) is 13.1. The van der Waals surface area contributed by atoms with Gasteiger partial charge >= 0.3 is 0 Å². The van der Waals surface area contributed by atoms with E-state index in [0.29, 0.717) is 0 Å². The van der Waals surface area contributed by atoms with E-state index in [-0.39, 0.29) is 5.91 Å². The predicted molar refractivity (Wildman–Crippen MR) is 67.3 cm³/mol. The maximum absolute atomic E-state index is 12.0. The molecule has 0 radical (unpaired) electrons. The maximum atomic E-state index is 12.0. The van der Waals surface area contributed by atoms with Crippen LogP contribution in [-0.2, 0) is 10.2 Å². The molecule has 0 heterocycles. The number of hydrogen-bond donors (Lipinski definition) is 0. The highest BCUT2D eigenvalue weighted by Crippen LogP contribution is 2.32. The van der Waals surface area contributed by atoms with Crippen LogP contribution >= 0.6 is 0 Å². The van der Waals surface area contributed by atoms with Gasteiger partial charge in [0.25, 0.3) is 0 Å². The van der Waals surface area contributed by atoms with Crippen molar-refractivity contribution >= 4 is 5.91 Å². The largest absolute Gasteiger partial charge is 0.348 e. The van der Waals surface area contributed by atoms with E-state index in [1.165, 1.54) is 4.90 Å². The summed E-state index contributed by atoms with van der Waals surface area (Å²) < 4.78 is 0. The summed E-state index contributed by atoms with van der Waals surface area (Å²) in [6, 6.07) is 11.8. The molecule has 1 amide bonds. The molecule has 0 aromatic heterocycles. The molecule has 3 nitrogen and oxygen atoms in total. The van der Waals surface area contributed by atoms with Crippen LogP contribution in [0.5, 0.6) is 0 Å². The SMILES string of the molecule is CN(C)C(=O)C(C#N)C(C)(C)c1ccccc1. The van der Waals surface area contributed by atoms with Crippen molar-refractivity contribution in [3.8, 4) is 6.07 Å². The Morgan fingerprint density at radius 3 is 2.24 bits per heavy atom. The van der Waals surface area contributed by atoms with Crippen LogP contribution in [0.25, 0.3) is 0 Å². The lowest BCUT2D eigenvalue weighted by Gasteiger charge is -2.31. The van der Waals surface area contributed by atoms with Gasteiger partial charge in [0.2, 0.25) is 5.91 Å². The lowest BCUT2D eigenvalue weighted by Crippen LogP contribution is -2.40. The Morgan fingerprint density at radius 1 is 1.29 bits per heavy atom. The molecule has 0 saturated heterocycles. The third-order valence-electron chi connectivity index (χ3n) is 3.06. The number of nitriles is 1. The average molecular weight is 230 g/mol. The Labute approximate surface area is 103 Å². The summed E-state index contributed by atoms with van der Waals surface area (Å²) in [6.45, 7) is 3.86. The molecule has 0 aliphatic carbocycles. The van der Waals surface area contributed by atoms with Crippen LogP contribution in [0.2, 0.25) is 0 Å². The molecule has 3 heteroatoms. The van der Waals surface area contributed by atoms with E-state index < -0.39 is 11.3 Å². The van der Waals surface area contributed by atoms with Gasteiger partial charge in [-0.05, 0) is 5.56 Å². The Morgan fingerprint density at radius 2 is 1.82 bits per heavy atom. The molecule has 0 saturated carbocycles. The van der Waals surface area contributed by atoms with Crippen molar-refractivity contribution < 1.29 is 4.79 Å². The van der Waals surface area contributed by atoms with Crippen molar-refractivity contribution in [2.24, 2.45) is 5.92 Å². The fourth-order valence-corrected chi connectivity index (χ4v) is 1.82. The first-order chi connectivity index (χ1) is 7.91. The summed E-state index contributed by atoms with van der Waals surface area (Å²) in [6.07, 6.45) is 0. The van der Waals surface area contributed by atoms with Crippen molar-refractivity contribution in [3.63, 3.8) is 0 Å². The molecule has 1 unspecified atom stereocenters. The molecule has 1 rings (SSSR count). The molecular weight excluding hydrogens is 212 g/mol. The summed E-state index contributed by atoms with van der Waals surface area (Å²) in [5.41, 5.74) is 0.513. The Balaban J connectivity index is 3.12. The van der Waals surface area contributed by atoms with Gasteiger partial charge in [-0.15, -0.1) is 0 Å². The first-order valence-electron chi connectivity index (χ1n) is 5.57. The number of nitrogens with zero attached hydrogens (tertiary/aromatic N) is 2. The molecule has 0 aliphatic heterocycles. The molecule has 0 aliphatic rings. The van der Waals surface area contributed by atoms with Crippen molar-refractivity contribution in [2.45, 2.75) is 19.3 Å². The van der Waals surface area contributed by atoms with E-state index in [2.05, 4.69) is 6.07 Å². The molecule has 17 heavy (non-hydrogen) atoms. The first kappa shape index (κ1) is 13.2. The van der Waals surface area contributed by atoms with Crippen molar-refractivity contribution in [2.75, 3.05) is 14.1 Å². The van der Waals surface area contributed by atoms with Gasteiger partial charge < -0.3 is 4.90 Å². The third-order valence-corrected chi connectivity index (χ3v) is 3.06. The predicted octanol–water partition coefficient (Wildman–Crippen LogP) is 2.19. The molecule has 0 N–H and O–H groups in total. The topological polar surface area (TPSA) is 44.1 Å². The van der Waals surface area contributed by atoms with Gasteiger partial charge in [0, 0.05) is 19.5 Å². The van der Waals surface area contributed by atoms with Gasteiger partial charge in [0.05, 0.1) is 6.07 Å². The van der Waals surface area contributed by atoms with E-state index in [4.69, 9.17) is 0 Å². The second-order valence-electron chi connectivity index (χ2n) is 4.88. The van der Waals surface area contributed by atoms with Crippen LogP contribution in [0.1, 0.15) is 19.4 Å². The van der Waals surface area contributed by atoms with Gasteiger partial charge in [-0.2, -0.15) is 5.26 Å². The normalized spacial score (nSPS) is 12.6. The van der Waals surface area contributed by atoms with Crippen molar-refractivity contribution in [1.29, 1.82) is 5.26 Å². The Kier molecular flexibility index (Phi) is 3.90. The summed E-state index contributed by atoms with van der Waals surface area (Å²) in [5, 5.41) is 9.24.